The highest BCUT2D eigenvalue weighted by molar-refractivity contribution is 5.80. The predicted octanol–water partition coefficient (Wildman–Crippen LogP) is 5.66. The number of piperidine rings is 1. The van der Waals surface area contributed by atoms with E-state index in [1.807, 2.05) is 51.1 Å². The van der Waals surface area contributed by atoms with Crippen LogP contribution in [0.1, 0.15) is 52.0 Å². The minimum Gasteiger partial charge on any atom is -0.460 e. The Kier molecular flexibility index (Phi) is 6.91. The number of anilines is 4. The summed E-state index contributed by atoms with van der Waals surface area (Å²) in [4.78, 5) is 14.5. The highest BCUT2D eigenvalue weighted by Gasteiger charge is 2.25. The van der Waals surface area contributed by atoms with Gasteiger partial charge in [-0.05, 0) is 82.7 Å². The number of nitrogens with two attached hydrogens (primary N) is 1. The molecule has 1 aliphatic rings. The average Bonchev–Trinajstić information content (AvgIpc) is 2.69. The van der Waals surface area contributed by atoms with Crippen molar-refractivity contribution in [2.45, 2.75) is 59.0 Å². The van der Waals surface area contributed by atoms with Gasteiger partial charge >= 0.3 is 5.97 Å². The van der Waals surface area contributed by atoms with Crippen LogP contribution in [0.3, 0.4) is 0 Å². The lowest BCUT2D eigenvalue weighted by atomic mass is 9.92. The Hall–Kier alpha value is -2.69. The molecule has 0 amide bonds. The Morgan fingerprint density at radius 2 is 1.93 bits per heavy atom. The fourth-order valence-electron chi connectivity index (χ4n) is 4.17. The zero-order chi connectivity index (χ0) is 21.7. The summed E-state index contributed by atoms with van der Waals surface area (Å²) in [7, 11) is 0. The molecule has 162 valence electrons. The molecule has 5 nitrogen and oxygen atoms in total. The molecule has 3 N–H and O–H groups in total. The van der Waals surface area contributed by atoms with E-state index in [0.29, 0.717) is 12.3 Å². The molecule has 2 aromatic rings. The van der Waals surface area contributed by atoms with Crippen LogP contribution in [0.2, 0.25) is 0 Å². The third-order valence-electron chi connectivity index (χ3n) is 5.53. The maximum Gasteiger partial charge on any atom is 0.306 e. The fraction of sp³-hybridized carbons (Fsp3) is 0.480. The molecular formula is C25H35N3O2. The number of nitrogen functional groups attached to an aromatic ring is 1. The minimum atomic E-state index is -0.423. The Morgan fingerprint density at radius 3 is 2.63 bits per heavy atom. The van der Waals surface area contributed by atoms with E-state index in [1.165, 1.54) is 0 Å². The van der Waals surface area contributed by atoms with Gasteiger partial charge < -0.3 is 20.7 Å². The van der Waals surface area contributed by atoms with Crippen molar-refractivity contribution < 1.29 is 9.53 Å². The second-order valence-corrected chi connectivity index (χ2v) is 9.25. The second-order valence-electron chi connectivity index (χ2n) is 9.25. The first-order valence-electron chi connectivity index (χ1n) is 10.9. The van der Waals surface area contributed by atoms with Gasteiger partial charge in [0.1, 0.15) is 5.60 Å². The van der Waals surface area contributed by atoms with Gasteiger partial charge in [0.15, 0.2) is 0 Å². The van der Waals surface area contributed by atoms with Gasteiger partial charge in [0.25, 0.3) is 0 Å². The molecule has 3 rings (SSSR count). The molecule has 0 unspecified atom stereocenters. The number of hydrogen-bond acceptors (Lipinski definition) is 5. The summed E-state index contributed by atoms with van der Waals surface area (Å²) in [5.74, 6) is 0.361. The van der Waals surface area contributed by atoms with Crippen LogP contribution in [0.5, 0.6) is 0 Å². The highest BCUT2D eigenvalue weighted by Crippen LogP contribution is 2.37. The first-order valence-corrected chi connectivity index (χ1v) is 10.9. The van der Waals surface area contributed by atoms with Gasteiger partial charge in [-0.1, -0.05) is 18.2 Å². The molecule has 0 spiro atoms. The number of hydrogen-bond donors (Lipinski definition) is 2. The third kappa shape index (κ3) is 5.91. The summed E-state index contributed by atoms with van der Waals surface area (Å²) in [5.41, 5.74) is 11.2. The predicted molar refractivity (Wildman–Crippen MR) is 125 cm³/mol. The van der Waals surface area contributed by atoms with Crippen LogP contribution in [-0.2, 0) is 9.53 Å². The maximum absolute atomic E-state index is 12.1. The van der Waals surface area contributed by atoms with E-state index in [9.17, 15) is 4.79 Å². The third-order valence-corrected chi connectivity index (χ3v) is 5.53. The molecule has 0 saturated carbocycles. The van der Waals surface area contributed by atoms with Crippen molar-refractivity contribution in [1.29, 1.82) is 0 Å². The Morgan fingerprint density at radius 1 is 1.20 bits per heavy atom. The first kappa shape index (κ1) is 22.0. The normalized spacial score (nSPS) is 16.9. The highest BCUT2D eigenvalue weighted by atomic mass is 16.6. The van der Waals surface area contributed by atoms with E-state index in [4.69, 9.17) is 10.5 Å². The molecular weight excluding hydrogens is 374 g/mol. The number of ether oxygens (including phenoxy) is 1. The van der Waals surface area contributed by atoms with Crippen LogP contribution in [0.4, 0.5) is 22.7 Å². The molecule has 0 radical (unpaired) electrons. The van der Waals surface area contributed by atoms with Crippen molar-refractivity contribution in [3.05, 3.63) is 48.0 Å². The lowest BCUT2D eigenvalue weighted by molar-refractivity contribution is -0.155. The summed E-state index contributed by atoms with van der Waals surface area (Å²) in [6, 6.07) is 14.2. The van der Waals surface area contributed by atoms with E-state index in [-0.39, 0.29) is 5.97 Å². The molecule has 0 bridgehead atoms. The number of rotatable bonds is 6. The lowest BCUT2D eigenvalue weighted by Gasteiger charge is -2.36. The van der Waals surface area contributed by atoms with E-state index in [0.717, 1.165) is 60.7 Å². The molecule has 30 heavy (non-hydrogen) atoms. The fourth-order valence-corrected chi connectivity index (χ4v) is 4.17. The van der Waals surface area contributed by atoms with Gasteiger partial charge in [0.2, 0.25) is 0 Å². The quantitative estimate of drug-likeness (QED) is 0.476. The van der Waals surface area contributed by atoms with Crippen LogP contribution in [-0.4, -0.2) is 24.7 Å². The Labute approximate surface area is 180 Å². The van der Waals surface area contributed by atoms with Gasteiger partial charge in [0.05, 0.1) is 11.4 Å². The van der Waals surface area contributed by atoms with Gasteiger partial charge in [-0.3, -0.25) is 4.79 Å². The number of nitrogens with one attached hydrogen (secondary N) is 1. The number of carbonyl (C=O) groups is 1. The van der Waals surface area contributed by atoms with Crippen molar-refractivity contribution in [2.24, 2.45) is 5.92 Å². The summed E-state index contributed by atoms with van der Waals surface area (Å²) < 4.78 is 5.47. The number of esters is 1. The number of para-hydroxylation sites is 1. The van der Waals surface area contributed by atoms with Crippen molar-refractivity contribution >= 4 is 28.7 Å². The largest absolute Gasteiger partial charge is 0.460 e. The number of nitrogens with zero attached hydrogens (tertiary/aromatic N) is 1. The molecule has 1 heterocycles. The van der Waals surface area contributed by atoms with Crippen LogP contribution >= 0.6 is 0 Å². The number of carbonyl (C=O) groups excluding carboxylic acids is 1. The first-order chi connectivity index (χ1) is 14.2. The summed E-state index contributed by atoms with van der Waals surface area (Å²) >= 11 is 0. The van der Waals surface area contributed by atoms with Crippen LogP contribution < -0.4 is 16.0 Å². The van der Waals surface area contributed by atoms with Crippen LogP contribution in [0, 0.1) is 12.8 Å². The lowest BCUT2D eigenvalue weighted by Crippen LogP contribution is -2.36. The molecule has 0 aliphatic carbocycles. The molecule has 1 aliphatic heterocycles. The second kappa shape index (κ2) is 9.41. The average molecular weight is 410 g/mol. The SMILES string of the molecule is Cc1c(Nc2ccccc2)ccc(N)c1N1CCC[C@@H](CCC(=O)OC(C)(C)C)C1. The van der Waals surface area contributed by atoms with Crippen LogP contribution in [0.25, 0.3) is 0 Å². The standard InChI is InChI=1S/C25H35N3O2/c1-18-22(27-20-10-6-5-7-11-20)14-13-21(26)24(18)28-16-8-9-19(17-28)12-15-23(29)30-25(2,3)4/h5-7,10-11,13-14,19,27H,8-9,12,15-17,26H2,1-4H3/t19-/m0/s1. The van der Waals surface area contributed by atoms with Gasteiger partial charge in [-0.15, -0.1) is 0 Å². The zero-order valence-corrected chi connectivity index (χ0v) is 18.7. The van der Waals surface area contributed by atoms with Gasteiger partial charge in [-0.25, -0.2) is 0 Å². The summed E-state index contributed by atoms with van der Waals surface area (Å²) in [6.45, 7) is 9.77. The minimum absolute atomic E-state index is 0.107. The van der Waals surface area contributed by atoms with Crippen molar-refractivity contribution in [3.8, 4) is 0 Å². The van der Waals surface area contributed by atoms with Crippen molar-refractivity contribution in [1.82, 2.24) is 0 Å². The Bertz CT molecular complexity index is 859. The van der Waals surface area contributed by atoms with E-state index in [1.54, 1.807) is 0 Å². The van der Waals surface area contributed by atoms with E-state index >= 15 is 0 Å². The molecule has 0 aromatic heterocycles. The van der Waals surface area contributed by atoms with Gasteiger partial charge in [-0.2, -0.15) is 0 Å². The van der Waals surface area contributed by atoms with E-state index in [2.05, 4.69) is 29.3 Å². The topological polar surface area (TPSA) is 67.6 Å². The Balaban J connectivity index is 1.69. The zero-order valence-electron chi connectivity index (χ0n) is 18.7. The molecule has 1 saturated heterocycles. The molecule has 2 aromatic carbocycles. The molecule has 1 fully saturated rings. The van der Waals surface area contributed by atoms with Gasteiger partial charge in [0, 0.05) is 30.9 Å². The summed E-state index contributed by atoms with van der Waals surface area (Å²) in [6.07, 6.45) is 3.57. The van der Waals surface area contributed by atoms with Crippen molar-refractivity contribution in [2.75, 3.05) is 29.0 Å². The molecule has 5 heteroatoms. The van der Waals surface area contributed by atoms with Crippen LogP contribution in [0.15, 0.2) is 42.5 Å². The van der Waals surface area contributed by atoms with E-state index < -0.39 is 5.60 Å². The maximum atomic E-state index is 12.1. The summed E-state index contributed by atoms with van der Waals surface area (Å²) in [5, 5.41) is 3.51. The number of benzene rings is 2. The molecule has 1 atom stereocenters. The van der Waals surface area contributed by atoms with Crippen molar-refractivity contribution in [3.63, 3.8) is 0 Å². The smallest absolute Gasteiger partial charge is 0.306 e. The monoisotopic (exact) mass is 409 g/mol.